The summed E-state index contributed by atoms with van der Waals surface area (Å²) in [5.74, 6) is 0.104. The zero-order chi connectivity index (χ0) is 22.2. The molecule has 8 heteroatoms. The van der Waals surface area contributed by atoms with Crippen molar-refractivity contribution in [1.82, 2.24) is 9.55 Å². The topological polar surface area (TPSA) is 64.0 Å². The molecule has 32 heavy (non-hydrogen) atoms. The van der Waals surface area contributed by atoms with Crippen LogP contribution in [0.5, 0.6) is 0 Å². The van der Waals surface area contributed by atoms with E-state index >= 15 is 0 Å². The first kappa shape index (κ1) is 21.2. The fraction of sp³-hybridized carbons (Fsp3) is 0.208. The summed E-state index contributed by atoms with van der Waals surface area (Å²) in [6.07, 6.45) is 4.04. The summed E-state index contributed by atoms with van der Waals surface area (Å²) < 4.78 is 1.47. The van der Waals surface area contributed by atoms with Crippen molar-refractivity contribution in [2.75, 3.05) is 5.32 Å². The van der Waals surface area contributed by atoms with Gasteiger partial charge < -0.3 is 5.32 Å². The monoisotopic (exact) mass is 483 g/mol. The zero-order valence-electron chi connectivity index (χ0n) is 17.0. The molecule has 5 rings (SSSR count). The van der Waals surface area contributed by atoms with Gasteiger partial charge in [-0.3, -0.25) is 14.2 Å². The highest BCUT2D eigenvalue weighted by Crippen LogP contribution is 2.35. The van der Waals surface area contributed by atoms with Gasteiger partial charge in [-0.1, -0.05) is 59.6 Å². The number of thiophene rings is 1. The third kappa shape index (κ3) is 3.83. The van der Waals surface area contributed by atoms with Crippen molar-refractivity contribution in [1.29, 1.82) is 0 Å². The van der Waals surface area contributed by atoms with Gasteiger partial charge in [-0.05, 0) is 43.4 Å². The molecule has 0 spiro atoms. The van der Waals surface area contributed by atoms with E-state index in [2.05, 4.69) is 5.32 Å². The van der Waals surface area contributed by atoms with Crippen LogP contribution in [0.25, 0.3) is 21.6 Å². The summed E-state index contributed by atoms with van der Waals surface area (Å²) in [6.45, 7) is -0.181. The summed E-state index contributed by atoms with van der Waals surface area (Å²) in [6, 6.07) is 14.5. The highest BCUT2D eigenvalue weighted by Gasteiger charge is 2.23. The number of nitrogens with one attached hydrogen (secondary N) is 1. The molecular weight excluding hydrogens is 465 g/mol. The fourth-order valence-corrected chi connectivity index (χ4v) is 5.73. The molecule has 1 N–H and O–H groups in total. The summed E-state index contributed by atoms with van der Waals surface area (Å²) in [7, 11) is 0. The number of hydrogen-bond acceptors (Lipinski definition) is 4. The molecule has 4 aromatic rings. The zero-order valence-corrected chi connectivity index (χ0v) is 19.4. The van der Waals surface area contributed by atoms with Crippen molar-refractivity contribution >= 4 is 56.3 Å². The van der Waals surface area contributed by atoms with Gasteiger partial charge >= 0.3 is 0 Å². The predicted molar refractivity (Wildman–Crippen MR) is 131 cm³/mol. The van der Waals surface area contributed by atoms with Gasteiger partial charge in [-0.15, -0.1) is 11.3 Å². The Hall–Kier alpha value is -2.67. The van der Waals surface area contributed by atoms with Crippen LogP contribution in [0.1, 0.15) is 23.3 Å². The first-order chi connectivity index (χ1) is 15.5. The number of carbonyl (C=O) groups is 1. The number of hydrogen-bond donors (Lipinski definition) is 1. The molecule has 1 aliphatic carbocycles. The number of nitrogens with zero attached hydrogens (tertiary/aromatic N) is 2. The Kier molecular flexibility index (Phi) is 5.76. The van der Waals surface area contributed by atoms with Crippen LogP contribution in [-0.2, 0) is 24.2 Å². The van der Waals surface area contributed by atoms with Crippen molar-refractivity contribution in [3.8, 4) is 11.4 Å². The van der Waals surface area contributed by atoms with Gasteiger partial charge in [0.1, 0.15) is 17.2 Å². The number of amides is 1. The minimum Gasteiger partial charge on any atom is -0.323 e. The Labute approximate surface area is 198 Å². The van der Waals surface area contributed by atoms with Crippen molar-refractivity contribution in [3.63, 3.8) is 0 Å². The molecule has 2 aromatic heterocycles. The first-order valence-corrected chi connectivity index (χ1v) is 11.9. The second-order valence-electron chi connectivity index (χ2n) is 7.73. The van der Waals surface area contributed by atoms with Crippen LogP contribution in [0, 0.1) is 0 Å². The van der Waals surface area contributed by atoms with Crippen LogP contribution in [0.4, 0.5) is 5.69 Å². The van der Waals surface area contributed by atoms with Crippen LogP contribution < -0.4 is 10.9 Å². The number of halogens is 2. The molecule has 2 heterocycles. The van der Waals surface area contributed by atoms with Crippen molar-refractivity contribution < 1.29 is 4.79 Å². The molecule has 0 fully saturated rings. The molecule has 0 radical (unpaired) electrons. The lowest BCUT2D eigenvalue weighted by molar-refractivity contribution is -0.116. The Morgan fingerprint density at radius 2 is 1.84 bits per heavy atom. The van der Waals surface area contributed by atoms with Crippen molar-refractivity contribution in [3.05, 3.63) is 79.4 Å². The quantitative estimate of drug-likeness (QED) is 0.390. The number of anilines is 1. The second kappa shape index (κ2) is 8.70. The van der Waals surface area contributed by atoms with Crippen LogP contribution >= 0.6 is 34.5 Å². The average Bonchev–Trinajstić information content (AvgIpc) is 3.18. The number of benzene rings is 2. The fourth-order valence-electron chi connectivity index (χ4n) is 4.13. The Bertz CT molecular complexity index is 1400. The summed E-state index contributed by atoms with van der Waals surface area (Å²) in [5, 5.41) is 4.03. The van der Waals surface area contributed by atoms with E-state index in [4.69, 9.17) is 28.2 Å². The summed E-state index contributed by atoms with van der Waals surface area (Å²) >= 11 is 13.9. The normalized spacial score (nSPS) is 13.2. The Morgan fingerprint density at radius 1 is 1.06 bits per heavy atom. The third-order valence-corrected chi connectivity index (χ3v) is 7.64. The number of aromatic nitrogens is 2. The molecule has 0 saturated carbocycles. The maximum atomic E-state index is 13.7. The molecule has 162 valence electrons. The number of carbonyl (C=O) groups excluding carboxylic acids is 1. The molecular formula is C24H19Cl2N3O2S. The maximum absolute atomic E-state index is 13.7. The van der Waals surface area contributed by atoms with E-state index < -0.39 is 0 Å². The van der Waals surface area contributed by atoms with Crippen LogP contribution in [0.3, 0.4) is 0 Å². The molecule has 0 aliphatic heterocycles. The van der Waals surface area contributed by atoms with E-state index in [0.717, 1.165) is 41.6 Å². The standard InChI is InChI=1S/C24H19Cl2N3O2S/c25-16-10-6-11-17(21(16)26)27-19(30)13-29-22(14-7-2-1-3-8-14)28-23-20(24(29)31)15-9-4-5-12-18(15)32-23/h1-3,6-8,10-11H,4-5,9,12-13H2,(H,27,30). The van der Waals surface area contributed by atoms with E-state index in [9.17, 15) is 9.59 Å². The minimum absolute atomic E-state index is 0.180. The Morgan fingerprint density at radius 3 is 2.66 bits per heavy atom. The van der Waals surface area contributed by atoms with Crippen LogP contribution in [-0.4, -0.2) is 15.5 Å². The lowest BCUT2D eigenvalue weighted by Crippen LogP contribution is -2.30. The lowest BCUT2D eigenvalue weighted by atomic mass is 9.97. The molecule has 5 nitrogen and oxygen atoms in total. The van der Waals surface area contributed by atoms with Gasteiger partial charge in [0.2, 0.25) is 5.91 Å². The summed E-state index contributed by atoms with van der Waals surface area (Å²) in [5.41, 5.74) is 2.10. The molecule has 0 atom stereocenters. The van der Waals surface area contributed by atoms with E-state index in [-0.39, 0.29) is 23.0 Å². The number of fused-ring (bicyclic) bond motifs is 3. The maximum Gasteiger partial charge on any atom is 0.263 e. The highest BCUT2D eigenvalue weighted by molar-refractivity contribution is 7.18. The largest absolute Gasteiger partial charge is 0.323 e. The second-order valence-corrected chi connectivity index (χ2v) is 9.60. The molecule has 0 saturated heterocycles. The van der Waals surface area contributed by atoms with Crippen molar-refractivity contribution in [2.45, 2.75) is 32.2 Å². The minimum atomic E-state index is -0.376. The molecule has 1 aliphatic rings. The van der Waals surface area contributed by atoms with Gasteiger partial charge in [0.15, 0.2) is 0 Å². The van der Waals surface area contributed by atoms with E-state index in [1.165, 1.54) is 9.44 Å². The van der Waals surface area contributed by atoms with Gasteiger partial charge in [-0.2, -0.15) is 0 Å². The van der Waals surface area contributed by atoms with Gasteiger partial charge in [0, 0.05) is 10.4 Å². The summed E-state index contributed by atoms with van der Waals surface area (Å²) in [4.78, 5) is 33.5. The van der Waals surface area contributed by atoms with Crippen LogP contribution in [0.15, 0.2) is 53.3 Å². The molecule has 0 bridgehead atoms. The van der Waals surface area contributed by atoms with E-state index in [1.54, 1.807) is 29.5 Å². The van der Waals surface area contributed by atoms with Crippen LogP contribution in [0.2, 0.25) is 10.0 Å². The van der Waals surface area contributed by atoms with Crippen molar-refractivity contribution in [2.24, 2.45) is 0 Å². The van der Waals surface area contributed by atoms with Gasteiger partial charge in [0.05, 0.1) is 21.1 Å². The Balaban J connectivity index is 1.61. The van der Waals surface area contributed by atoms with E-state index in [1.807, 2.05) is 30.3 Å². The predicted octanol–water partition coefficient (Wildman–Crippen LogP) is 5.95. The smallest absolute Gasteiger partial charge is 0.263 e. The lowest BCUT2D eigenvalue weighted by Gasteiger charge is -2.14. The number of rotatable bonds is 4. The molecule has 0 unspecified atom stereocenters. The SMILES string of the molecule is O=C(Cn1c(-c2ccccc2)nc2sc3c(c2c1=O)CCCC3)Nc1cccc(Cl)c1Cl. The first-order valence-electron chi connectivity index (χ1n) is 10.4. The highest BCUT2D eigenvalue weighted by atomic mass is 35.5. The van der Waals surface area contributed by atoms with E-state index in [0.29, 0.717) is 21.9 Å². The molecule has 2 aromatic carbocycles. The third-order valence-electron chi connectivity index (χ3n) is 5.63. The molecule has 1 amide bonds. The van der Waals surface area contributed by atoms with Gasteiger partial charge in [0.25, 0.3) is 5.56 Å². The average molecular weight is 484 g/mol. The number of aryl methyl sites for hydroxylation is 2. The van der Waals surface area contributed by atoms with Gasteiger partial charge in [-0.25, -0.2) is 4.98 Å².